The van der Waals surface area contributed by atoms with Crippen LogP contribution in [0.1, 0.15) is 21.5 Å². The van der Waals surface area contributed by atoms with Crippen molar-refractivity contribution in [3.8, 4) is 0 Å². The van der Waals surface area contributed by atoms with E-state index in [-0.39, 0.29) is 18.4 Å². The fourth-order valence-electron chi connectivity index (χ4n) is 3.03. The van der Waals surface area contributed by atoms with Gasteiger partial charge in [-0.1, -0.05) is 35.3 Å². The van der Waals surface area contributed by atoms with Crippen molar-refractivity contribution < 1.29 is 9.59 Å². The first-order valence-electron chi connectivity index (χ1n) is 9.70. The summed E-state index contributed by atoms with van der Waals surface area (Å²) in [6.45, 7) is 2.70. The van der Waals surface area contributed by atoms with Gasteiger partial charge in [-0.15, -0.1) is 0 Å². The number of carbonyl (C=O) groups excluding carboxylic acids is 2. The average molecular weight is 456 g/mol. The Morgan fingerprint density at radius 3 is 2.16 bits per heavy atom. The van der Waals surface area contributed by atoms with Gasteiger partial charge < -0.3 is 10.6 Å². The standard InChI is InChI=1S/C24H23Cl2N3O2/c1-16-13-21(11-12-22(16)26)28-24(31)18-5-3-17(4-6-18)14-29(2)15-23(30)27-20-9-7-19(25)8-10-20/h3-13H,14-15H2,1-2H3,(H,27,30)(H,28,31). The SMILES string of the molecule is Cc1cc(NC(=O)c2ccc(CN(C)CC(=O)Nc3ccc(Cl)cc3)cc2)ccc1Cl. The number of hydrogen-bond donors (Lipinski definition) is 2. The number of aryl methyl sites for hydroxylation is 1. The summed E-state index contributed by atoms with van der Waals surface area (Å²) in [5.41, 5.74) is 3.86. The van der Waals surface area contributed by atoms with Crippen LogP contribution in [0.4, 0.5) is 11.4 Å². The summed E-state index contributed by atoms with van der Waals surface area (Å²) < 4.78 is 0. The second-order valence-corrected chi connectivity index (χ2v) is 8.19. The Bertz CT molecular complexity index is 1070. The van der Waals surface area contributed by atoms with E-state index in [4.69, 9.17) is 23.2 Å². The topological polar surface area (TPSA) is 61.4 Å². The van der Waals surface area contributed by atoms with E-state index in [2.05, 4.69) is 10.6 Å². The number of hydrogen-bond acceptors (Lipinski definition) is 3. The highest BCUT2D eigenvalue weighted by Crippen LogP contribution is 2.20. The molecular weight excluding hydrogens is 433 g/mol. The molecule has 3 aromatic rings. The predicted octanol–water partition coefficient (Wildman–Crippen LogP) is 5.62. The number of nitrogens with one attached hydrogen (secondary N) is 2. The molecule has 0 saturated heterocycles. The van der Waals surface area contributed by atoms with Crippen molar-refractivity contribution in [2.75, 3.05) is 24.2 Å². The number of likely N-dealkylation sites (N-methyl/N-ethyl adjacent to an activating group) is 1. The first kappa shape index (κ1) is 22.8. The van der Waals surface area contributed by atoms with Crippen LogP contribution in [0.3, 0.4) is 0 Å². The van der Waals surface area contributed by atoms with Crippen molar-refractivity contribution in [3.63, 3.8) is 0 Å². The number of benzene rings is 3. The summed E-state index contributed by atoms with van der Waals surface area (Å²) in [5, 5.41) is 6.99. The minimum atomic E-state index is -0.191. The third-order valence-corrected chi connectivity index (χ3v) is 5.30. The molecule has 0 aliphatic rings. The summed E-state index contributed by atoms with van der Waals surface area (Å²) in [7, 11) is 1.87. The van der Waals surface area contributed by atoms with Gasteiger partial charge in [0, 0.05) is 33.5 Å². The third kappa shape index (κ3) is 6.82. The zero-order valence-electron chi connectivity index (χ0n) is 17.3. The normalized spacial score (nSPS) is 10.7. The second kappa shape index (κ2) is 10.4. The average Bonchev–Trinajstić information content (AvgIpc) is 2.73. The van der Waals surface area contributed by atoms with Crippen LogP contribution in [0, 0.1) is 6.92 Å². The Morgan fingerprint density at radius 1 is 0.871 bits per heavy atom. The van der Waals surface area contributed by atoms with Crippen molar-refractivity contribution in [2.45, 2.75) is 13.5 Å². The predicted molar refractivity (Wildman–Crippen MR) is 127 cm³/mol. The summed E-state index contributed by atoms with van der Waals surface area (Å²) in [5.74, 6) is -0.303. The molecular formula is C24H23Cl2N3O2. The fraction of sp³-hybridized carbons (Fsp3) is 0.167. The fourth-order valence-corrected chi connectivity index (χ4v) is 3.28. The van der Waals surface area contributed by atoms with E-state index in [1.807, 2.05) is 37.1 Å². The van der Waals surface area contributed by atoms with Crippen LogP contribution in [0.25, 0.3) is 0 Å². The number of anilines is 2. The van der Waals surface area contributed by atoms with Gasteiger partial charge >= 0.3 is 0 Å². The molecule has 5 nitrogen and oxygen atoms in total. The Labute approximate surface area is 192 Å². The Kier molecular flexibility index (Phi) is 7.69. The number of amides is 2. The lowest BCUT2D eigenvalue weighted by Crippen LogP contribution is -2.29. The van der Waals surface area contributed by atoms with Gasteiger partial charge in [0.05, 0.1) is 6.54 Å². The zero-order chi connectivity index (χ0) is 22.4. The second-order valence-electron chi connectivity index (χ2n) is 7.34. The lowest BCUT2D eigenvalue weighted by atomic mass is 10.1. The van der Waals surface area contributed by atoms with Gasteiger partial charge in [0.2, 0.25) is 5.91 Å². The zero-order valence-corrected chi connectivity index (χ0v) is 18.8. The molecule has 3 aromatic carbocycles. The van der Waals surface area contributed by atoms with Crippen molar-refractivity contribution in [3.05, 3.63) is 93.5 Å². The van der Waals surface area contributed by atoms with Gasteiger partial charge in [0.15, 0.2) is 0 Å². The van der Waals surface area contributed by atoms with Crippen LogP contribution in [-0.2, 0) is 11.3 Å². The van der Waals surface area contributed by atoms with Crippen LogP contribution in [0.2, 0.25) is 10.0 Å². The molecule has 7 heteroatoms. The van der Waals surface area contributed by atoms with E-state index >= 15 is 0 Å². The van der Waals surface area contributed by atoms with Gasteiger partial charge in [-0.3, -0.25) is 14.5 Å². The quantitative estimate of drug-likeness (QED) is 0.485. The maximum absolute atomic E-state index is 12.5. The third-order valence-electron chi connectivity index (χ3n) is 4.63. The van der Waals surface area contributed by atoms with E-state index in [1.54, 1.807) is 48.5 Å². The van der Waals surface area contributed by atoms with Crippen molar-refractivity contribution in [1.29, 1.82) is 0 Å². The molecule has 2 N–H and O–H groups in total. The Morgan fingerprint density at radius 2 is 1.52 bits per heavy atom. The Hall–Kier alpha value is -2.86. The van der Waals surface area contributed by atoms with Crippen molar-refractivity contribution in [2.24, 2.45) is 0 Å². The summed E-state index contributed by atoms with van der Waals surface area (Å²) in [6, 6.07) is 19.7. The van der Waals surface area contributed by atoms with Crippen LogP contribution in [0.15, 0.2) is 66.7 Å². The monoisotopic (exact) mass is 455 g/mol. The highest BCUT2D eigenvalue weighted by Gasteiger charge is 2.10. The molecule has 31 heavy (non-hydrogen) atoms. The van der Waals surface area contributed by atoms with Crippen molar-refractivity contribution >= 4 is 46.4 Å². The number of nitrogens with zero attached hydrogens (tertiary/aromatic N) is 1. The number of halogens is 2. The first-order valence-corrected chi connectivity index (χ1v) is 10.5. The van der Waals surface area contributed by atoms with Crippen LogP contribution in [-0.4, -0.2) is 30.3 Å². The molecule has 0 unspecified atom stereocenters. The summed E-state index contributed by atoms with van der Waals surface area (Å²) in [6.07, 6.45) is 0. The van der Waals surface area contributed by atoms with Crippen LogP contribution in [0.5, 0.6) is 0 Å². The lowest BCUT2D eigenvalue weighted by Gasteiger charge is -2.16. The van der Waals surface area contributed by atoms with E-state index in [9.17, 15) is 9.59 Å². The largest absolute Gasteiger partial charge is 0.325 e. The minimum absolute atomic E-state index is 0.112. The van der Waals surface area contributed by atoms with Gasteiger partial charge in [-0.05, 0) is 79.7 Å². The maximum Gasteiger partial charge on any atom is 0.255 e. The van der Waals surface area contributed by atoms with Crippen molar-refractivity contribution in [1.82, 2.24) is 4.90 Å². The van der Waals surface area contributed by atoms with E-state index in [0.29, 0.717) is 33.5 Å². The smallest absolute Gasteiger partial charge is 0.255 e. The molecule has 0 bridgehead atoms. The molecule has 160 valence electrons. The van der Waals surface area contributed by atoms with E-state index in [1.165, 1.54) is 0 Å². The Balaban J connectivity index is 1.51. The molecule has 0 saturated carbocycles. The number of rotatable bonds is 7. The molecule has 0 heterocycles. The van der Waals surface area contributed by atoms with E-state index < -0.39 is 0 Å². The van der Waals surface area contributed by atoms with E-state index in [0.717, 1.165) is 11.1 Å². The summed E-state index contributed by atoms with van der Waals surface area (Å²) >= 11 is 11.9. The van der Waals surface area contributed by atoms with Crippen LogP contribution >= 0.6 is 23.2 Å². The lowest BCUT2D eigenvalue weighted by molar-refractivity contribution is -0.117. The molecule has 0 radical (unpaired) electrons. The van der Waals surface area contributed by atoms with Gasteiger partial charge in [0.25, 0.3) is 5.91 Å². The molecule has 0 aromatic heterocycles. The molecule has 0 fully saturated rings. The molecule has 3 rings (SSSR count). The minimum Gasteiger partial charge on any atom is -0.325 e. The van der Waals surface area contributed by atoms with Gasteiger partial charge in [0.1, 0.15) is 0 Å². The molecule has 2 amide bonds. The molecule has 0 aliphatic heterocycles. The van der Waals surface area contributed by atoms with Gasteiger partial charge in [-0.25, -0.2) is 0 Å². The maximum atomic E-state index is 12.5. The molecule has 0 aliphatic carbocycles. The highest BCUT2D eigenvalue weighted by atomic mass is 35.5. The highest BCUT2D eigenvalue weighted by molar-refractivity contribution is 6.31. The summed E-state index contributed by atoms with van der Waals surface area (Å²) in [4.78, 5) is 26.6. The number of carbonyl (C=O) groups is 2. The van der Waals surface area contributed by atoms with Crippen LogP contribution < -0.4 is 10.6 Å². The first-order chi connectivity index (χ1) is 14.8. The molecule has 0 spiro atoms. The van der Waals surface area contributed by atoms with Gasteiger partial charge in [-0.2, -0.15) is 0 Å². The molecule has 0 atom stereocenters.